The van der Waals surface area contributed by atoms with E-state index in [1.54, 1.807) is 0 Å². The average Bonchev–Trinajstić information content (AvgIpc) is 1.41. The molecule has 0 aromatic rings. The molecule has 0 heterocycles. The van der Waals surface area contributed by atoms with Gasteiger partial charge in [0, 0.05) is 0 Å². The van der Waals surface area contributed by atoms with Gasteiger partial charge < -0.3 is 0 Å². The molecular formula is N2OSn2. The Labute approximate surface area is 53.6 Å². The molecule has 0 aromatic carbocycles. The van der Waals surface area contributed by atoms with Crippen LogP contribution in [0.3, 0.4) is 0 Å². The standard InChI is InChI=1S/N2.O.2Sn/c1-2;;;/q-2;;2*+1. The summed E-state index contributed by atoms with van der Waals surface area (Å²) < 4.78 is 16.0. The second-order valence-corrected chi connectivity index (χ2v) is 1.95. The molecule has 0 unspecified atom stereocenters. The average molecular weight is 281 g/mol. The van der Waals surface area contributed by atoms with E-state index in [1.165, 1.54) is 0 Å². The first-order chi connectivity index (χ1) is 2.41. The summed E-state index contributed by atoms with van der Waals surface area (Å²) in [4.78, 5) is 0. The predicted octanol–water partition coefficient (Wildman–Crippen LogP) is -0.513. The third-order valence-electron chi connectivity index (χ3n) is 0.0908. The molecular weight excluding hydrogens is 281 g/mol. The Bertz CT molecular complexity index is 49.6. The van der Waals surface area contributed by atoms with Crippen LogP contribution in [0.5, 0.6) is 0 Å². The predicted molar refractivity (Wildman–Crippen MR) is 17.1 cm³/mol. The summed E-state index contributed by atoms with van der Waals surface area (Å²) in [6, 6.07) is 0. The molecule has 5 heavy (non-hydrogen) atoms. The molecule has 5 heteroatoms. The third-order valence-corrected chi connectivity index (χ3v) is 2.52. The van der Waals surface area contributed by atoms with Crippen LogP contribution in [0.1, 0.15) is 0 Å². The van der Waals surface area contributed by atoms with Crippen molar-refractivity contribution < 1.29 is 3.08 Å². The van der Waals surface area contributed by atoms with Gasteiger partial charge in [0.15, 0.2) is 0 Å². The van der Waals surface area contributed by atoms with E-state index >= 15 is 0 Å². The Balaban J connectivity index is 2.92. The van der Waals surface area contributed by atoms with Gasteiger partial charge in [-0.1, -0.05) is 0 Å². The Morgan fingerprint density at radius 1 is 1.80 bits per heavy atom. The molecule has 0 rings (SSSR count). The molecule has 0 bridgehead atoms. The number of nitrogens with zero attached hydrogens (tertiary/aromatic N) is 2. The first kappa shape index (κ1) is 6.00. The molecule has 0 spiro atoms. The summed E-state index contributed by atoms with van der Waals surface area (Å²) in [5, 5.41) is 0. The van der Waals surface area contributed by atoms with Crippen molar-refractivity contribution in [2.45, 2.75) is 0 Å². The van der Waals surface area contributed by atoms with Crippen molar-refractivity contribution in [2.75, 3.05) is 0 Å². The van der Waals surface area contributed by atoms with E-state index in [0.717, 1.165) is 22.8 Å². The van der Waals surface area contributed by atoms with E-state index in [2.05, 4.69) is 6.67 Å². The van der Waals surface area contributed by atoms with Crippen molar-refractivity contribution >= 4 is 44.2 Å². The van der Waals surface area contributed by atoms with Crippen molar-refractivity contribution in [3.05, 3.63) is 0 Å². The second kappa shape index (κ2) is 5.00. The maximum absolute atomic E-state index is 9.45. The zero-order valence-corrected chi connectivity index (χ0v) is 8.01. The van der Waals surface area contributed by atoms with Crippen molar-refractivity contribution in [1.29, 1.82) is 0 Å². The summed E-state index contributed by atoms with van der Waals surface area (Å²) in [5.41, 5.74) is 0. The van der Waals surface area contributed by atoms with Crippen LogP contribution in [-0.4, -0.2) is 44.2 Å². The fourth-order valence-electron chi connectivity index (χ4n) is 0.0204. The first-order valence-electron chi connectivity index (χ1n) is 0.851. The molecule has 0 saturated carbocycles. The van der Waals surface area contributed by atoms with Crippen LogP contribution in [0.25, 0.3) is 0 Å². The molecule has 0 aliphatic rings. The summed E-state index contributed by atoms with van der Waals surface area (Å²) in [7, 11) is 0. The number of hydrogen-bond acceptors (Lipinski definition) is 2. The molecule has 0 N–H and O–H groups in total. The van der Waals surface area contributed by atoms with Crippen LogP contribution in [0.2, 0.25) is 0 Å². The number of rotatable bonds is 1. The second-order valence-electron chi connectivity index (χ2n) is 0.291. The first-order valence-corrected chi connectivity index (χ1v) is 4.57. The summed E-state index contributed by atoms with van der Waals surface area (Å²) in [5.74, 6) is 0. The van der Waals surface area contributed by atoms with E-state index in [0.29, 0.717) is 0 Å². The minimum absolute atomic E-state index is 0.986. The fourth-order valence-corrected chi connectivity index (χ4v) is 0.919. The SMILES string of the molecule is [O]=[Sn][N]=[N][Sn]. The van der Waals surface area contributed by atoms with Crippen LogP contribution in [-0.2, 0) is 3.08 Å². The molecule has 0 fully saturated rings. The Hall–Kier alpha value is 0.997. The van der Waals surface area contributed by atoms with E-state index in [1.807, 2.05) is 0 Å². The summed E-state index contributed by atoms with van der Waals surface area (Å²) in [6.45, 7) is 0. The molecule has 3 nitrogen and oxygen atoms in total. The van der Waals surface area contributed by atoms with Gasteiger partial charge >= 0.3 is 53.9 Å². The molecule has 0 aliphatic heterocycles. The van der Waals surface area contributed by atoms with E-state index in [9.17, 15) is 3.08 Å². The van der Waals surface area contributed by atoms with Crippen LogP contribution >= 0.6 is 0 Å². The van der Waals surface area contributed by atoms with Crippen molar-refractivity contribution in [3.8, 4) is 0 Å². The van der Waals surface area contributed by atoms with Gasteiger partial charge in [0.1, 0.15) is 0 Å². The van der Waals surface area contributed by atoms with Gasteiger partial charge in [-0.15, -0.1) is 0 Å². The fraction of sp³-hybridized carbons (Fsp3) is 0. The van der Waals surface area contributed by atoms with Crippen molar-refractivity contribution in [3.63, 3.8) is 0 Å². The number of hydrogen-bond donors (Lipinski definition) is 0. The minimum atomic E-state index is -1.56. The van der Waals surface area contributed by atoms with Gasteiger partial charge in [-0.05, 0) is 0 Å². The van der Waals surface area contributed by atoms with Gasteiger partial charge in [-0.2, -0.15) is 0 Å². The molecule has 0 atom stereocenters. The maximum atomic E-state index is 9.45. The zero-order valence-electron chi connectivity index (χ0n) is 2.30. The molecule has 0 aromatic heterocycles. The van der Waals surface area contributed by atoms with E-state index in [4.69, 9.17) is 0 Å². The normalized spacial score (nSPS) is 9.00. The Morgan fingerprint density at radius 3 is 2.40 bits per heavy atom. The van der Waals surface area contributed by atoms with Gasteiger partial charge in [0.25, 0.3) is 0 Å². The van der Waals surface area contributed by atoms with Gasteiger partial charge in [0.2, 0.25) is 0 Å². The van der Waals surface area contributed by atoms with Gasteiger partial charge in [0.05, 0.1) is 0 Å². The molecule has 24 valence electrons. The van der Waals surface area contributed by atoms with Gasteiger partial charge in [-0.3, -0.25) is 0 Å². The quantitative estimate of drug-likeness (QED) is 0.471. The zero-order chi connectivity index (χ0) is 4.12. The van der Waals surface area contributed by atoms with Crippen LogP contribution < -0.4 is 0 Å². The Kier molecular flexibility index (Phi) is 5.99. The topological polar surface area (TPSA) is 41.8 Å². The Morgan fingerprint density at radius 2 is 2.40 bits per heavy atom. The van der Waals surface area contributed by atoms with Crippen LogP contribution in [0.4, 0.5) is 0 Å². The molecule has 0 saturated heterocycles. The molecule has 4 radical (unpaired) electrons. The van der Waals surface area contributed by atoms with Gasteiger partial charge in [-0.25, -0.2) is 0 Å². The molecule has 0 aliphatic carbocycles. The summed E-state index contributed by atoms with van der Waals surface area (Å²) >= 11 is -0.578. The van der Waals surface area contributed by atoms with E-state index < -0.39 is 21.4 Å². The molecule has 0 amide bonds. The van der Waals surface area contributed by atoms with Crippen LogP contribution in [0.15, 0.2) is 6.67 Å². The third kappa shape index (κ3) is 5.00. The summed E-state index contributed by atoms with van der Waals surface area (Å²) in [6.07, 6.45) is 0. The van der Waals surface area contributed by atoms with Crippen molar-refractivity contribution in [1.82, 2.24) is 0 Å². The van der Waals surface area contributed by atoms with Crippen molar-refractivity contribution in [2.24, 2.45) is 6.67 Å². The van der Waals surface area contributed by atoms with E-state index in [-0.39, 0.29) is 0 Å². The monoisotopic (exact) mass is 284 g/mol. The van der Waals surface area contributed by atoms with Crippen LogP contribution in [0, 0.1) is 0 Å².